The topological polar surface area (TPSA) is 49.8 Å². The number of hydrogen-bond acceptors (Lipinski definition) is 3. The Bertz CT molecular complexity index is 458. The first-order valence-corrected chi connectivity index (χ1v) is 6.67. The van der Waals surface area contributed by atoms with Gasteiger partial charge in [0.2, 0.25) is 0 Å². The lowest BCUT2D eigenvalue weighted by Crippen LogP contribution is -2.56. The maximum atomic E-state index is 11.9. The molecule has 104 valence electrons. The van der Waals surface area contributed by atoms with Crippen LogP contribution in [0.15, 0.2) is 30.3 Å². The van der Waals surface area contributed by atoms with Gasteiger partial charge in [0.05, 0.1) is 0 Å². The van der Waals surface area contributed by atoms with Gasteiger partial charge in [0.1, 0.15) is 0 Å². The average Bonchev–Trinajstić information content (AvgIpc) is 2.51. The molecule has 0 spiro atoms. The van der Waals surface area contributed by atoms with E-state index in [2.05, 4.69) is 0 Å². The first-order valence-electron chi connectivity index (χ1n) is 6.67. The second-order valence-corrected chi connectivity index (χ2v) is 5.43. The van der Waals surface area contributed by atoms with E-state index in [4.69, 9.17) is 4.74 Å². The normalized spacial score (nSPS) is 30.5. The zero-order valence-electron chi connectivity index (χ0n) is 11.7. The second-order valence-electron chi connectivity index (χ2n) is 5.43. The van der Waals surface area contributed by atoms with E-state index >= 15 is 0 Å². The van der Waals surface area contributed by atoms with Gasteiger partial charge in [-0.3, -0.25) is 4.90 Å². The Morgan fingerprint density at radius 1 is 1.26 bits per heavy atom. The summed E-state index contributed by atoms with van der Waals surface area (Å²) in [6.45, 7) is 5.90. The quantitative estimate of drug-likeness (QED) is 0.908. The van der Waals surface area contributed by atoms with Gasteiger partial charge in [0.15, 0.2) is 11.3 Å². The lowest BCUT2D eigenvalue weighted by atomic mass is 9.86. The van der Waals surface area contributed by atoms with Crippen LogP contribution in [0.5, 0.6) is 0 Å². The van der Waals surface area contributed by atoms with Crippen molar-refractivity contribution in [2.45, 2.75) is 44.9 Å². The fraction of sp³-hybridized carbons (Fsp3) is 0.533. The lowest BCUT2D eigenvalue weighted by Gasteiger charge is -2.37. The Labute approximate surface area is 114 Å². The minimum atomic E-state index is -1.30. The number of ether oxygens (including phenoxy) is 1. The number of carbonyl (C=O) groups is 1. The highest BCUT2D eigenvalue weighted by molar-refractivity contribution is 5.72. The number of amides is 1. The van der Waals surface area contributed by atoms with E-state index in [0.29, 0.717) is 13.0 Å². The lowest BCUT2D eigenvalue weighted by molar-refractivity contribution is -0.135. The Morgan fingerprint density at radius 3 is 2.47 bits per heavy atom. The second kappa shape index (κ2) is 4.85. The fourth-order valence-corrected chi connectivity index (χ4v) is 2.53. The molecule has 0 aliphatic carbocycles. The number of benzene rings is 1. The molecule has 0 aromatic heterocycles. The molecule has 4 heteroatoms. The van der Waals surface area contributed by atoms with Gasteiger partial charge in [-0.1, -0.05) is 37.3 Å². The molecule has 2 rings (SSSR count). The summed E-state index contributed by atoms with van der Waals surface area (Å²) in [5.41, 5.74) is -1.19. The third-order valence-corrected chi connectivity index (χ3v) is 3.89. The Balaban J connectivity index is 2.26. The summed E-state index contributed by atoms with van der Waals surface area (Å²) in [7, 11) is 0. The van der Waals surface area contributed by atoms with Crippen molar-refractivity contribution >= 4 is 6.09 Å². The van der Waals surface area contributed by atoms with Crippen molar-refractivity contribution in [3.05, 3.63) is 35.9 Å². The van der Waals surface area contributed by atoms with E-state index in [1.165, 1.54) is 4.90 Å². The van der Waals surface area contributed by atoms with Gasteiger partial charge in [-0.05, 0) is 25.8 Å². The summed E-state index contributed by atoms with van der Waals surface area (Å²) in [6.07, 6.45) is 0.838. The molecule has 0 radical (unpaired) electrons. The fourth-order valence-electron chi connectivity index (χ4n) is 2.53. The van der Waals surface area contributed by atoms with E-state index in [0.717, 1.165) is 12.0 Å². The number of nitrogens with zero attached hydrogens (tertiary/aromatic N) is 1. The minimum absolute atomic E-state index is 0.440. The van der Waals surface area contributed by atoms with Crippen LogP contribution in [0.4, 0.5) is 4.79 Å². The summed E-state index contributed by atoms with van der Waals surface area (Å²) in [5.74, 6) is 0. The molecule has 1 aliphatic heterocycles. The van der Waals surface area contributed by atoms with Gasteiger partial charge in [0, 0.05) is 13.0 Å². The molecule has 4 nitrogen and oxygen atoms in total. The van der Waals surface area contributed by atoms with E-state index in [9.17, 15) is 9.90 Å². The van der Waals surface area contributed by atoms with Gasteiger partial charge < -0.3 is 9.84 Å². The number of aliphatic hydroxyl groups is 1. The molecule has 0 saturated carbocycles. The highest BCUT2D eigenvalue weighted by Gasteiger charge is 2.58. The maximum absolute atomic E-state index is 11.9. The van der Waals surface area contributed by atoms with E-state index in [1.807, 2.05) is 37.3 Å². The summed E-state index contributed by atoms with van der Waals surface area (Å²) < 4.78 is 5.47. The van der Waals surface area contributed by atoms with Crippen molar-refractivity contribution < 1.29 is 14.6 Å². The summed E-state index contributed by atoms with van der Waals surface area (Å²) in [6, 6.07) is 9.76. The minimum Gasteiger partial charge on any atom is -0.438 e. The average molecular weight is 263 g/mol. The van der Waals surface area contributed by atoms with Crippen molar-refractivity contribution in [1.82, 2.24) is 4.90 Å². The molecule has 1 fully saturated rings. The molecule has 1 saturated heterocycles. The molecular formula is C15H21NO3. The summed E-state index contributed by atoms with van der Waals surface area (Å²) in [4.78, 5) is 13.3. The van der Waals surface area contributed by atoms with E-state index in [-0.39, 0.29) is 0 Å². The van der Waals surface area contributed by atoms with Crippen molar-refractivity contribution in [2.75, 3.05) is 6.54 Å². The molecule has 0 unspecified atom stereocenters. The Hall–Kier alpha value is -1.55. The third-order valence-electron chi connectivity index (χ3n) is 3.89. The molecule has 0 bridgehead atoms. The maximum Gasteiger partial charge on any atom is 0.412 e. The van der Waals surface area contributed by atoms with Crippen LogP contribution >= 0.6 is 0 Å². The van der Waals surface area contributed by atoms with Gasteiger partial charge in [-0.25, -0.2) is 4.79 Å². The van der Waals surface area contributed by atoms with Gasteiger partial charge in [-0.15, -0.1) is 0 Å². The van der Waals surface area contributed by atoms with Gasteiger partial charge in [-0.2, -0.15) is 0 Å². The van der Waals surface area contributed by atoms with Crippen LogP contribution in [0, 0.1) is 0 Å². The van der Waals surface area contributed by atoms with Crippen molar-refractivity contribution in [1.29, 1.82) is 0 Å². The SMILES string of the molecule is CCCN1C(=O)O[C@](C)(Cc2ccccc2)[C@]1(C)O. The predicted octanol–water partition coefficient (Wildman–Crippen LogP) is 2.56. The molecule has 1 heterocycles. The van der Waals surface area contributed by atoms with Crippen LogP contribution < -0.4 is 0 Å². The highest BCUT2D eigenvalue weighted by atomic mass is 16.6. The standard InChI is InChI=1S/C15H21NO3/c1-4-10-16-13(17)19-14(2,15(16,3)18)11-12-8-6-5-7-9-12/h5-9,18H,4,10-11H2,1-3H3/t14-,15+/m1/s1. The third kappa shape index (κ3) is 2.32. The highest BCUT2D eigenvalue weighted by Crippen LogP contribution is 2.39. The number of hydrogen-bond donors (Lipinski definition) is 1. The molecule has 1 aromatic carbocycles. The van der Waals surface area contributed by atoms with E-state index < -0.39 is 17.4 Å². The van der Waals surface area contributed by atoms with Crippen molar-refractivity contribution in [3.63, 3.8) is 0 Å². The van der Waals surface area contributed by atoms with Crippen LogP contribution in [-0.4, -0.2) is 34.0 Å². The molecule has 1 amide bonds. The van der Waals surface area contributed by atoms with E-state index in [1.54, 1.807) is 13.8 Å². The van der Waals surface area contributed by atoms with Crippen LogP contribution in [0.3, 0.4) is 0 Å². The predicted molar refractivity (Wildman–Crippen MR) is 72.7 cm³/mol. The largest absolute Gasteiger partial charge is 0.438 e. The number of cyclic esters (lactones) is 1. The molecule has 19 heavy (non-hydrogen) atoms. The molecule has 1 aliphatic rings. The van der Waals surface area contributed by atoms with Crippen molar-refractivity contribution in [2.24, 2.45) is 0 Å². The molecule has 2 atom stereocenters. The van der Waals surface area contributed by atoms with Crippen LogP contribution in [0.2, 0.25) is 0 Å². The number of rotatable bonds is 4. The Morgan fingerprint density at radius 2 is 1.89 bits per heavy atom. The number of carbonyl (C=O) groups excluding carboxylic acids is 1. The summed E-state index contributed by atoms with van der Waals surface area (Å²) >= 11 is 0. The van der Waals surface area contributed by atoms with Crippen molar-refractivity contribution in [3.8, 4) is 0 Å². The zero-order chi connectivity index (χ0) is 14.1. The first kappa shape index (κ1) is 13.9. The van der Waals surface area contributed by atoms with Crippen LogP contribution in [-0.2, 0) is 11.2 Å². The molecule has 1 aromatic rings. The van der Waals surface area contributed by atoms with Gasteiger partial charge >= 0.3 is 6.09 Å². The molecule has 1 N–H and O–H groups in total. The monoisotopic (exact) mass is 263 g/mol. The summed E-state index contributed by atoms with van der Waals surface area (Å²) in [5, 5.41) is 10.7. The first-order chi connectivity index (χ1) is 8.90. The Kier molecular flexibility index (Phi) is 3.54. The van der Waals surface area contributed by atoms with Crippen LogP contribution in [0.1, 0.15) is 32.8 Å². The van der Waals surface area contributed by atoms with Gasteiger partial charge in [0.25, 0.3) is 0 Å². The zero-order valence-corrected chi connectivity index (χ0v) is 11.7. The smallest absolute Gasteiger partial charge is 0.412 e. The molecular weight excluding hydrogens is 242 g/mol. The van der Waals surface area contributed by atoms with Crippen LogP contribution in [0.25, 0.3) is 0 Å².